The molecule has 0 aliphatic rings. The molecule has 1 aromatic rings. The molecule has 286 valence electrons. The van der Waals surface area contributed by atoms with Crippen molar-refractivity contribution >= 4 is 58.5 Å². The monoisotopic (exact) mass is 746 g/mol. The van der Waals surface area contributed by atoms with Crippen LogP contribution < -0.4 is 32.2 Å². The van der Waals surface area contributed by atoms with E-state index in [0.717, 1.165) is 4.21 Å². The van der Waals surface area contributed by atoms with Crippen molar-refractivity contribution in [3.63, 3.8) is 0 Å². The van der Waals surface area contributed by atoms with Gasteiger partial charge in [-0.15, -0.1) is 23.1 Å². The summed E-state index contributed by atoms with van der Waals surface area (Å²) in [7, 11) is 2.98. The van der Waals surface area contributed by atoms with E-state index in [4.69, 9.17) is 5.21 Å². The van der Waals surface area contributed by atoms with Crippen LogP contribution in [0.4, 0.5) is 0 Å². The molecule has 1 aromatic heterocycles. The Morgan fingerprint density at radius 3 is 1.70 bits per heavy atom. The predicted octanol–water partition coefficient (Wildman–Crippen LogP) is 2.06. The van der Waals surface area contributed by atoms with Crippen molar-refractivity contribution in [2.45, 2.75) is 97.0 Å². The molecule has 1 heterocycles. The molecule has 9 N–H and O–H groups in total. The topological polar surface area (TPSA) is 235 Å². The molecule has 15 nitrogen and oxygen atoms in total. The molecule has 0 saturated carbocycles. The highest BCUT2D eigenvalue weighted by Crippen LogP contribution is 2.31. The van der Waals surface area contributed by atoms with E-state index in [1.807, 2.05) is 52.1 Å². The van der Waals surface area contributed by atoms with Crippen LogP contribution >= 0.6 is 23.1 Å². The first kappa shape index (κ1) is 46.8. The average Bonchev–Trinajstić information content (AvgIpc) is 3.59. The van der Waals surface area contributed by atoms with Gasteiger partial charge in [0.1, 0.15) is 18.2 Å². The zero-order chi connectivity index (χ0) is 38.8. The Hall–Kier alpha value is -3.25. The highest BCUT2D eigenvalue weighted by Gasteiger charge is 2.38. The molecule has 0 aliphatic heterocycles. The molecule has 0 radical (unpaired) electrons. The molecule has 0 aromatic carbocycles. The smallest absolute Gasteiger partial charge is 0.272 e. The van der Waals surface area contributed by atoms with Crippen molar-refractivity contribution in [3.05, 3.63) is 17.5 Å². The summed E-state index contributed by atoms with van der Waals surface area (Å²) in [4.78, 5) is 73.1. The number of hydroxylamine groups is 2. The normalized spacial score (nSPS) is 14.9. The summed E-state index contributed by atoms with van der Waals surface area (Å²) >= 11 is 3.03. The molecule has 0 fully saturated rings. The number of rotatable bonds is 18. The number of aliphatic hydroxyl groups excluding tert-OH is 1. The Labute approximate surface area is 303 Å². The highest BCUT2D eigenvalue weighted by molar-refractivity contribution is 8.01. The van der Waals surface area contributed by atoms with Crippen molar-refractivity contribution in [2.24, 2.45) is 35.0 Å². The van der Waals surface area contributed by atoms with Gasteiger partial charge in [-0.1, -0.05) is 61.5 Å². The van der Waals surface area contributed by atoms with Crippen LogP contribution in [-0.2, 0) is 28.8 Å². The number of aliphatic hydroxyl groups is 1. The lowest BCUT2D eigenvalue weighted by atomic mass is 9.84. The maximum atomic E-state index is 12.9. The first-order valence-corrected chi connectivity index (χ1v) is 18.4. The van der Waals surface area contributed by atoms with E-state index >= 15 is 0 Å². The maximum Gasteiger partial charge on any atom is 0.272 e. The Morgan fingerprint density at radius 2 is 1.28 bits per heavy atom. The van der Waals surface area contributed by atoms with E-state index in [2.05, 4.69) is 21.3 Å². The Morgan fingerprint density at radius 1 is 0.760 bits per heavy atom. The number of amides is 6. The number of thioether (sulfide) groups is 1. The second kappa shape index (κ2) is 23.3. The van der Waals surface area contributed by atoms with Gasteiger partial charge in [0.15, 0.2) is 0 Å². The van der Waals surface area contributed by atoms with E-state index in [-0.39, 0.29) is 36.0 Å². The van der Waals surface area contributed by atoms with Crippen LogP contribution in [0.25, 0.3) is 0 Å². The van der Waals surface area contributed by atoms with Crippen molar-refractivity contribution < 1.29 is 44.3 Å². The van der Waals surface area contributed by atoms with E-state index in [1.165, 1.54) is 31.3 Å². The molecule has 6 amide bonds. The largest absolute Gasteiger partial charge is 0.382 e. The van der Waals surface area contributed by atoms with Gasteiger partial charge >= 0.3 is 0 Å². The van der Waals surface area contributed by atoms with Crippen LogP contribution in [0.15, 0.2) is 21.7 Å². The quantitative estimate of drug-likeness (QED) is 0.0603. The van der Waals surface area contributed by atoms with Crippen molar-refractivity contribution in [1.82, 2.24) is 32.2 Å². The van der Waals surface area contributed by atoms with Gasteiger partial charge in [-0.3, -0.25) is 39.2 Å². The summed E-state index contributed by atoms with van der Waals surface area (Å²) in [5, 5.41) is 40.1. The second-order valence-corrected chi connectivity index (χ2v) is 16.0. The van der Waals surface area contributed by atoms with Crippen LogP contribution in [0.2, 0.25) is 0 Å². The minimum absolute atomic E-state index is 0.0278. The van der Waals surface area contributed by atoms with Crippen LogP contribution in [-0.4, -0.2) is 89.0 Å². The molecule has 0 saturated heterocycles. The van der Waals surface area contributed by atoms with Gasteiger partial charge in [0.25, 0.3) is 5.91 Å². The lowest BCUT2D eigenvalue weighted by molar-refractivity contribution is -0.147. The number of hydrogen-bond donors (Lipinski definition) is 9. The molecule has 6 atom stereocenters. The van der Waals surface area contributed by atoms with E-state index in [9.17, 15) is 39.1 Å². The average molecular weight is 747 g/mol. The predicted molar refractivity (Wildman–Crippen MR) is 192 cm³/mol. The molecule has 50 heavy (non-hydrogen) atoms. The molecule has 0 aliphatic carbocycles. The molecular weight excluding hydrogens is 689 g/mol. The van der Waals surface area contributed by atoms with Gasteiger partial charge in [0.2, 0.25) is 29.5 Å². The molecule has 0 unspecified atom stereocenters. The number of hydrogen-bond acceptors (Lipinski definition) is 11. The number of carbonyl (C=O) groups excluding carboxylic acids is 6. The number of thiophene rings is 1. The zero-order valence-electron chi connectivity index (χ0n) is 30.8. The summed E-state index contributed by atoms with van der Waals surface area (Å²) in [5.41, 5.74) is 2.49. The van der Waals surface area contributed by atoms with Gasteiger partial charge in [-0.2, -0.15) is 0 Å². The number of carbonyl (C=O) groups is 6. The summed E-state index contributed by atoms with van der Waals surface area (Å²) in [6, 6.07) is 2.39. The summed E-state index contributed by atoms with van der Waals surface area (Å²) in [5.74, 6) is -5.13. The number of likely N-dealkylation sites (N-methyl/N-ethyl adjacent to an activating group) is 2. The van der Waals surface area contributed by atoms with E-state index in [0.29, 0.717) is 18.6 Å². The molecule has 0 bridgehead atoms. The first-order chi connectivity index (χ1) is 23.3. The van der Waals surface area contributed by atoms with Crippen molar-refractivity contribution in [2.75, 3.05) is 19.8 Å². The van der Waals surface area contributed by atoms with E-state index in [1.54, 1.807) is 37.6 Å². The first-order valence-electron chi connectivity index (χ1n) is 16.5. The van der Waals surface area contributed by atoms with Crippen LogP contribution in [0.3, 0.4) is 0 Å². The molecular formula is C33H58N6O9S2. The summed E-state index contributed by atoms with van der Waals surface area (Å²) in [6.07, 6.45) is -0.558. The van der Waals surface area contributed by atoms with Crippen LogP contribution in [0.1, 0.15) is 74.7 Å². The standard InChI is InChI=1S/C18H29N3O4S2.C15H29N3O5/c1-5-14(18(24)19-4)20-16(22)12(9-11(2)3)13(17(23)21-25)10-27-15-7-6-8-26-15;1-8(2)7-9(10(19)13(21)18-23)12(20)17-11(14(22)16-6)15(3,4)5/h6-8,11-14,25H,5,9-10H2,1-4H3,(H,19,24)(H,20,22)(H,21,23);8-11,19,23H,7H2,1-6H3,(H,16,22)(H,17,20)(H,18,21)/t12-,13+,14+;9-,10+,11-/m11/s1. The minimum atomic E-state index is -1.70. The van der Waals surface area contributed by atoms with Crippen molar-refractivity contribution in [3.8, 4) is 0 Å². The Kier molecular flexibility index (Phi) is 21.8. The fraction of sp³-hybridized carbons (Fsp3) is 0.697. The fourth-order valence-electron chi connectivity index (χ4n) is 4.95. The summed E-state index contributed by atoms with van der Waals surface area (Å²) in [6.45, 7) is 14.8. The van der Waals surface area contributed by atoms with Crippen LogP contribution in [0, 0.1) is 35.0 Å². The molecule has 1 rings (SSSR count). The third-order valence-electron chi connectivity index (χ3n) is 7.67. The molecule has 0 spiro atoms. The summed E-state index contributed by atoms with van der Waals surface area (Å²) < 4.78 is 1.03. The lowest BCUT2D eigenvalue weighted by Crippen LogP contribution is -2.56. The van der Waals surface area contributed by atoms with Gasteiger partial charge in [-0.05, 0) is 48.0 Å². The Balaban J connectivity index is 0.000000974. The van der Waals surface area contributed by atoms with Gasteiger partial charge < -0.3 is 26.4 Å². The van der Waals surface area contributed by atoms with Crippen LogP contribution in [0.5, 0.6) is 0 Å². The third kappa shape index (κ3) is 16.2. The van der Waals surface area contributed by atoms with E-state index < -0.39 is 59.1 Å². The SMILES string of the molecule is CC[C@H](NC(=O)[C@H](CC(C)C)[C@H](CSc1cccs1)C(=O)NO)C(=O)NC.CNC(=O)[C@@H](NC(=O)[C@H](CC(C)C)[C@H](O)C(=O)NO)C(C)(C)C. The Bertz CT molecular complexity index is 1220. The molecule has 17 heteroatoms. The second-order valence-electron chi connectivity index (χ2n) is 13.7. The maximum absolute atomic E-state index is 12.9. The van der Waals surface area contributed by atoms with Gasteiger partial charge in [0, 0.05) is 19.8 Å². The van der Waals surface area contributed by atoms with Gasteiger partial charge in [0.05, 0.1) is 22.0 Å². The van der Waals surface area contributed by atoms with Crippen molar-refractivity contribution in [1.29, 1.82) is 0 Å². The third-order valence-corrected chi connectivity index (χ3v) is 9.92. The zero-order valence-corrected chi connectivity index (χ0v) is 32.4. The lowest BCUT2D eigenvalue weighted by Gasteiger charge is -2.32. The fourth-order valence-corrected chi connectivity index (χ4v) is 6.94. The van der Waals surface area contributed by atoms with Gasteiger partial charge in [-0.25, -0.2) is 11.0 Å². The number of nitrogens with one attached hydrogen (secondary N) is 6. The minimum Gasteiger partial charge on any atom is -0.382 e. The highest BCUT2D eigenvalue weighted by atomic mass is 32.2.